The lowest BCUT2D eigenvalue weighted by Gasteiger charge is -2.35. The van der Waals surface area contributed by atoms with E-state index in [1.165, 1.54) is 23.1 Å². The molecule has 1 atom stereocenters. The van der Waals surface area contributed by atoms with Gasteiger partial charge in [-0.2, -0.15) is 13.2 Å². The van der Waals surface area contributed by atoms with Gasteiger partial charge in [-0.3, -0.25) is 4.90 Å². The molecular weight excluding hydrogens is 411 g/mol. The van der Waals surface area contributed by atoms with Gasteiger partial charge >= 0.3 is 6.18 Å². The topological polar surface area (TPSA) is 79.9 Å². The molecule has 0 saturated carbocycles. The third kappa shape index (κ3) is 5.38. The first-order chi connectivity index (χ1) is 12.3. The highest BCUT2D eigenvalue weighted by Crippen LogP contribution is 2.32. The summed E-state index contributed by atoms with van der Waals surface area (Å²) in [5, 5.41) is 2.97. The quantitative estimate of drug-likeness (QED) is 0.724. The van der Waals surface area contributed by atoms with Gasteiger partial charge in [-0.05, 0) is 12.1 Å². The number of nitrogens with one attached hydrogen (secondary N) is 2. The molecule has 0 spiro atoms. The van der Waals surface area contributed by atoms with Crippen molar-refractivity contribution in [3.8, 4) is 11.5 Å². The lowest BCUT2D eigenvalue weighted by atomic mass is 10.2. The van der Waals surface area contributed by atoms with Crippen molar-refractivity contribution in [2.75, 3.05) is 45.9 Å². The van der Waals surface area contributed by atoms with Crippen molar-refractivity contribution in [1.29, 1.82) is 0 Å². The van der Waals surface area contributed by atoms with Crippen molar-refractivity contribution in [3.63, 3.8) is 0 Å². The van der Waals surface area contributed by atoms with Crippen molar-refractivity contribution < 1.29 is 31.1 Å². The van der Waals surface area contributed by atoms with E-state index < -0.39 is 28.8 Å². The fourth-order valence-corrected chi connectivity index (χ4v) is 3.96. The third-order valence-corrected chi connectivity index (χ3v) is 5.68. The van der Waals surface area contributed by atoms with E-state index >= 15 is 0 Å². The molecule has 0 aromatic heterocycles. The van der Waals surface area contributed by atoms with Gasteiger partial charge in [0.2, 0.25) is 10.0 Å². The maximum Gasteiger partial charge on any atom is 0.405 e. The van der Waals surface area contributed by atoms with Gasteiger partial charge in [-0.25, -0.2) is 13.1 Å². The number of rotatable bonds is 5. The molecule has 0 amide bonds. The number of alkyl halides is 3. The molecular formula is C15H21ClF3N3O4S. The minimum absolute atomic E-state index is 0. The van der Waals surface area contributed by atoms with Gasteiger partial charge in [0.05, 0.1) is 4.90 Å². The van der Waals surface area contributed by atoms with Crippen LogP contribution in [0, 0.1) is 0 Å². The highest BCUT2D eigenvalue weighted by Gasteiger charge is 2.44. The van der Waals surface area contributed by atoms with E-state index in [1.807, 2.05) is 0 Å². The summed E-state index contributed by atoms with van der Waals surface area (Å²) in [7, 11) is -4.12. The Morgan fingerprint density at radius 2 is 1.78 bits per heavy atom. The largest absolute Gasteiger partial charge is 0.486 e. The van der Waals surface area contributed by atoms with Crippen molar-refractivity contribution in [1.82, 2.24) is 14.9 Å². The van der Waals surface area contributed by atoms with Crippen LogP contribution in [0.5, 0.6) is 11.5 Å². The van der Waals surface area contributed by atoms with E-state index in [9.17, 15) is 21.6 Å². The van der Waals surface area contributed by atoms with E-state index in [-0.39, 0.29) is 42.7 Å². The number of benzene rings is 1. The summed E-state index contributed by atoms with van der Waals surface area (Å²) >= 11 is 0. The number of ether oxygens (including phenoxy) is 2. The molecule has 2 heterocycles. The maximum absolute atomic E-state index is 13.4. The van der Waals surface area contributed by atoms with Crippen molar-refractivity contribution >= 4 is 22.4 Å². The molecule has 0 radical (unpaired) electrons. The number of hydrogen-bond donors (Lipinski definition) is 2. The molecule has 0 aliphatic carbocycles. The zero-order valence-corrected chi connectivity index (χ0v) is 15.9. The molecule has 1 aromatic rings. The molecule has 7 nitrogen and oxygen atoms in total. The summed E-state index contributed by atoms with van der Waals surface area (Å²) in [6, 6.07) is 2.09. The van der Waals surface area contributed by atoms with Crippen molar-refractivity contribution in [2.45, 2.75) is 17.1 Å². The second kappa shape index (κ2) is 8.82. The first-order valence-corrected chi connectivity index (χ1v) is 9.66. The lowest BCUT2D eigenvalue weighted by molar-refractivity contribution is -0.182. The molecule has 3 rings (SSSR count). The second-order valence-electron chi connectivity index (χ2n) is 6.00. The number of halogens is 4. The number of sulfonamides is 1. The maximum atomic E-state index is 13.4. The summed E-state index contributed by atoms with van der Waals surface area (Å²) in [6.07, 6.45) is -4.54. The molecule has 1 unspecified atom stereocenters. The van der Waals surface area contributed by atoms with Crippen LogP contribution < -0.4 is 19.5 Å². The fraction of sp³-hybridized carbons (Fsp3) is 0.600. The number of piperazine rings is 1. The fourth-order valence-electron chi connectivity index (χ4n) is 2.91. The predicted molar refractivity (Wildman–Crippen MR) is 94.2 cm³/mol. The summed E-state index contributed by atoms with van der Waals surface area (Å²) in [5.74, 6) is 0.665. The summed E-state index contributed by atoms with van der Waals surface area (Å²) in [6.45, 7) is 1.16. The Bertz CT molecular complexity index is 742. The molecule has 2 aliphatic heterocycles. The van der Waals surface area contributed by atoms with E-state index in [2.05, 4.69) is 10.0 Å². The van der Waals surface area contributed by atoms with Gasteiger partial charge in [0.1, 0.15) is 19.3 Å². The Kier molecular flexibility index (Phi) is 7.20. The van der Waals surface area contributed by atoms with E-state index in [1.54, 1.807) is 0 Å². The monoisotopic (exact) mass is 431 g/mol. The summed E-state index contributed by atoms with van der Waals surface area (Å²) in [4.78, 5) is 1.08. The molecule has 0 bridgehead atoms. The van der Waals surface area contributed by atoms with E-state index in [4.69, 9.17) is 9.47 Å². The number of nitrogens with zero attached hydrogens (tertiary/aromatic N) is 1. The minimum Gasteiger partial charge on any atom is -0.486 e. The van der Waals surface area contributed by atoms with Crippen LogP contribution >= 0.6 is 12.4 Å². The van der Waals surface area contributed by atoms with Crippen LogP contribution in [-0.2, 0) is 10.0 Å². The van der Waals surface area contributed by atoms with E-state index in [0.29, 0.717) is 25.4 Å². The molecule has 27 heavy (non-hydrogen) atoms. The minimum atomic E-state index is -4.54. The van der Waals surface area contributed by atoms with Crippen LogP contribution in [0.2, 0.25) is 0 Å². The zero-order valence-electron chi connectivity index (χ0n) is 14.3. The molecule has 1 aromatic carbocycles. The first-order valence-electron chi connectivity index (χ1n) is 8.18. The Balaban J connectivity index is 0.00000261. The smallest absolute Gasteiger partial charge is 0.405 e. The molecule has 1 fully saturated rings. The molecule has 1 saturated heterocycles. The van der Waals surface area contributed by atoms with Gasteiger partial charge in [-0.1, -0.05) is 0 Å². The normalized spacial score (nSPS) is 19.2. The van der Waals surface area contributed by atoms with E-state index in [0.717, 1.165) is 0 Å². The predicted octanol–water partition coefficient (Wildman–Crippen LogP) is 0.994. The highest BCUT2D eigenvalue weighted by molar-refractivity contribution is 7.89. The van der Waals surface area contributed by atoms with Crippen LogP contribution in [0.4, 0.5) is 13.2 Å². The van der Waals surface area contributed by atoms with Gasteiger partial charge < -0.3 is 14.8 Å². The molecule has 2 aliphatic rings. The van der Waals surface area contributed by atoms with Crippen molar-refractivity contribution in [2.24, 2.45) is 0 Å². The van der Waals surface area contributed by atoms with Crippen molar-refractivity contribution in [3.05, 3.63) is 18.2 Å². The molecule has 154 valence electrons. The lowest BCUT2D eigenvalue weighted by Crippen LogP contribution is -2.57. The SMILES string of the molecule is Cl.O=S(=O)(NCC(N1CCNCC1)C(F)(F)F)c1ccc2c(c1)OCCO2. The van der Waals surface area contributed by atoms with Crippen LogP contribution in [0.25, 0.3) is 0 Å². The molecule has 12 heteroatoms. The molecule has 2 N–H and O–H groups in total. The standard InChI is InChI=1S/C15H20F3N3O4S.ClH/c16-15(17,18)14(21-5-3-19-4-6-21)10-20-26(22,23)11-1-2-12-13(9-11)25-8-7-24-12;/h1-2,9,14,19-20H,3-8,10H2;1H. The van der Waals surface area contributed by atoms with Crippen LogP contribution in [-0.4, -0.2) is 71.5 Å². The Morgan fingerprint density at radius 1 is 1.15 bits per heavy atom. The Hall–Kier alpha value is -1.27. The zero-order chi connectivity index (χ0) is 18.8. The number of fused-ring (bicyclic) bond motifs is 1. The average Bonchev–Trinajstić information content (AvgIpc) is 2.61. The Labute approximate surface area is 161 Å². The Morgan fingerprint density at radius 3 is 2.41 bits per heavy atom. The third-order valence-electron chi connectivity index (χ3n) is 4.26. The summed E-state index contributed by atoms with van der Waals surface area (Å²) < 4.78 is 77.7. The van der Waals surface area contributed by atoms with Gasteiger partial charge in [0, 0.05) is 38.8 Å². The van der Waals surface area contributed by atoms with Crippen LogP contribution in [0.15, 0.2) is 23.1 Å². The van der Waals surface area contributed by atoms with Crippen LogP contribution in [0.1, 0.15) is 0 Å². The van der Waals surface area contributed by atoms with Crippen LogP contribution in [0.3, 0.4) is 0 Å². The summed E-state index contributed by atoms with van der Waals surface area (Å²) in [5.41, 5.74) is 0. The second-order valence-corrected chi connectivity index (χ2v) is 7.77. The number of hydrogen-bond acceptors (Lipinski definition) is 6. The van der Waals surface area contributed by atoms with Gasteiger partial charge in [0.15, 0.2) is 11.5 Å². The first kappa shape index (κ1) is 22.0. The average molecular weight is 432 g/mol. The van der Waals surface area contributed by atoms with Gasteiger partial charge in [0.25, 0.3) is 0 Å². The van der Waals surface area contributed by atoms with Gasteiger partial charge in [-0.15, -0.1) is 12.4 Å². The highest BCUT2D eigenvalue weighted by atomic mass is 35.5.